The predicted molar refractivity (Wildman–Crippen MR) is 91.8 cm³/mol. The van der Waals surface area contributed by atoms with Crippen LogP contribution >= 0.6 is 0 Å². The number of nitrogens with one attached hydrogen (secondary N) is 1. The summed E-state index contributed by atoms with van der Waals surface area (Å²) in [6.45, 7) is -0.132. The van der Waals surface area contributed by atoms with E-state index in [0.717, 1.165) is 5.56 Å². The fourth-order valence-electron chi connectivity index (χ4n) is 2.18. The summed E-state index contributed by atoms with van der Waals surface area (Å²) in [5.41, 5.74) is 6.09. The molecular weight excluding hydrogens is 343 g/mol. The Bertz CT molecular complexity index is 768. The Balaban J connectivity index is 2.18. The first-order valence-electron chi connectivity index (χ1n) is 7.64. The van der Waals surface area contributed by atoms with E-state index >= 15 is 0 Å². The Morgan fingerprint density at radius 2 is 1.65 bits per heavy atom. The van der Waals surface area contributed by atoms with Crippen LogP contribution in [0.4, 0.5) is 4.39 Å². The van der Waals surface area contributed by atoms with Crippen molar-refractivity contribution in [1.82, 2.24) is 5.32 Å². The quantitative estimate of drug-likeness (QED) is 0.744. The SMILES string of the molecule is COc1cc(C(=O)NCc2ccc(F)cc2)cc(OC)c1OCC(N)=O. The van der Waals surface area contributed by atoms with Crippen LogP contribution in [-0.4, -0.2) is 32.6 Å². The average Bonchev–Trinajstić information content (AvgIpc) is 2.64. The summed E-state index contributed by atoms with van der Waals surface area (Å²) in [5.74, 6) is -0.775. The minimum atomic E-state index is -0.657. The lowest BCUT2D eigenvalue weighted by atomic mass is 10.1. The molecule has 0 aliphatic rings. The third-order valence-electron chi connectivity index (χ3n) is 3.45. The second-order valence-corrected chi connectivity index (χ2v) is 5.27. The van der Waals surface area contributed by atoms with Crippen LogP contribution in [0.2, 0.25) is 0 Å². The molecule has 7 nitrogen and oxygen atoms in total. The van der Waals surface area contributed by atoms with Gasteiger partial charge >= 0.3 is 0 Å². The van der Waals surface area contributed by atoms with Gasteiger partial charge in [0.1, 0.15) is 5.82 Å². The summed E-state index contributed by atoms with van der Waals surface area (Å²) >= 11 is 0. The van der Waals surface area contributed by atoms with Gasteiger partial charge in [-0.1, -0.05) is 12.1 Å². The Kier molecular flexibility index (Phi) is 6.37. The highest BCUT2D eigenvalue weighted by molar-refractivity contribution is 5.95. The first-order valence-corrected chi connectivity index (χ1v) is 7.64. The highest BCUT2D eigenvalue weighted by Gasteiger charge is 2.18. The molecule has 8 heteroatoms. The van der Waals surface area contributed by atoms with E-state index < -0.39 is 5.91 Å². The van der Waals surface area contributed by atoms with E-state index in [1.165, 1.54) is 38.5 Å². The molecule has 0 aliphatic carbocycles. The number of carbonyl (C=O) groups excluding carboxylic acids is 2. The molecule has 0 saturated heterocycles. The topological polar surface area (TPSA) is 99.9 Å². The number of hydrogen-bond donors (Lipinski definition) is 2. The monoisotopic (exact) mass is 362 g/mol. The van der Waals surface area contributed by atoms with Crippen molar-refractivity contribution < 1.29 is 28.2 Å². The smallest absolute Gasteiger partial charge is 0.255 e. The summed E-state index contributed by atoms with van der Waals surface area (Å²) in [7, 11) is 2.79. The second kappa shape index (κ2) is 8.70. The highest BCUT2D eigenvalue weighted by Crippen LogP contribution is 2.38. The van der Waals surface area contributed by atoms with Gasteiger partial charge in [-0.3, -0.25) is 9.59 Å². The third kappa shape index (κ3) is 4.85. The molecule has 138 valence electrons. The summed E-state index contributed by atoms with van der Waals surface area (Å²) in [6, 6.07) is 8.71. The maximum Gasteiger partial charge on any atom is 0.255 e. The van der Waals surface area contributed by atoms with Gasteiger partial charge < -0.3 is 25.3 Å². The van der Waals surface area contributed by atoms with Crippen molar-refractivity contribution in [3.63, 3.8) is 0 Å². The van der Waals surface area contributed by atoms with Crippen molar-refractivity contribution in [2.75, 3.05) is 20.8 Å². The van der Waals surface area contributed by atoms with E-state index in [-0.39, 0.29) is 47.7 Å². The molecule has 0 saturated carbocycles. The molecule has 3 N–H and O–H groups in total. The van der Waals surface area contributed by atoms with Gasteiger partial charge in [-0.15, -0.1) is 0 Å². The normalized spacial score (nSPS) is 10.1. The summed E-state index contributed by atoms with van der Waals surface area (Å²) in [4.78, 5) is 23.3. The zero-order chi connectivity index (χ0) is 19.1. The zero-order valence-corrected chi connectivity index (χ0v) is 14.4. The van der Waals surface area contributed by atoms with Gasteiger partial charge in [0.15, 0.2) is 18.1 Å². The van der Waals surface area contributed by atoms with Crippen molar-refractivity contribution in [1.29, 1.82) is 0 Å². The van der Waals surface area contributed by atoms with Crippen LogP contribution in [0, 0.1) is 5.82 Å². The van der Waals surface area contributed by atoms with E-state index in [1.807, 2.05) is 0 Å². The predicted octanol–water partition coefficient (Wildman–Crippen LogP) is 1.64. The zero-order valence-electron chi connectivity index (χ0n) is 14.4. The molecule has 26 heavy (non-hydrogen) atoms. The number of methoxy groups -OCH3 is 2. The largest absolute Gasteiger partial charge is 0.493 e. The molecule has 0 aromatic heterocycles. The van der Waals surface area contributed by atoms with Crippen LogP contribution in [0.25, 0.3) is 0 Å². The molecule has 0 heterocycles. The van der Waals surface area contributed by atoms with Gasteiger partial charge in [-0.25, -0.2) is 4.39 Å². The Hall–Kier alpha value is -3.29. The number of primary amides is 1. The van der Waals surface area contributed by atoms with Gasteiger partial charge in [0.2, 0.25) is 5.75 Å². The van der Waals surface area contributed by atoms with Crippen molar-refractivity contribution in [3.05, 3.63) is 53.3 Å². The van der Waals surface area contributed by atoms with Crippen molar-refractivity contribution in [3.8, 4) is 17.2 Å². The molecular formula is C18H19FN2O5. The summed E-state index contributed by atoms with van der Waals surface area (Å²) < 4.78 is 28.6. The Labute approximate surface area is 149 Å². The van der Waals surface area contributed by atoms with Crippen molar-refractivity contribution >= 4 is 11.8 Å². The molecule has 0 fully saturated rings. The van der Waals surface area contributed by atoms with Crippen molar-refractivity contribution in [2.24, 2.45) is 5.73 Å². The van der Waals surface area contributed by atoms with E-state index in [0.29, 0.717) is 0 Å². The number of ether oxygens (including phenoxy) is 3. The van der Waals surface area contributed by atoms with Gasteiger partial charge in [-0.05, 0) is 29.8 Å². The minimum absolute atomic E-state index is 0.170. The molecule has 0 bridgehead atoms. The molecule has 0 spiro atoms. The maximum atomic E-state index is 12.9. The summed E-state index contributed by atoms with van der Waals surface area (Å²) in [6.07, 6.45) is 0. The van der Waals surface area contributed by atoms with Gasteiger partial charge in [0.05, 0.1) is 14.2 Å². The number of halogens is 1. The van der Waals surface area contributed by atoms with Gasteiger partial charge in [0.25, 0.3) is 11.8 Å². The fraction of sp³-hybridized carbons (Fsp3) is 0.222. The van der Waals surface area contributed by atoms with Gasteiger partial charge in [0, 0.05) is 12.1 Å². The molecule has 2 aromatic rings. The molecule has 2 amide bonds. The molecule has 2 rings (SSSR count). The third-order valence-corrected chi connectivity index (χ3v) is 3.45. The van der Waals surface area contributed by atoms with E-state index in [4.69, 9.17) is 19.9 Å². The van der Waals surface area contributed by atoms with Crippen LogP contribution in [-0.2, 0) is 11.3 Å². The molecule has 0 radical (unpaired) electrons. The number of rotatable bonds is 8. The van der Waals surface area contributed by atoms with Crippen LogP contribution in [0.5, 0.6) is 17.2 Å². The lowest BCUT2D eigenvalue weighted by Gasteiger charge is -2.15. The Morgan fingerprint density at radius 1 is 1.08 bits per heavy atom. The van der Waals surface area contributed by atoms with E-state index in [2.05, 4.69) is 5.32 Å². The molecule has 0 aliphatic heterocycles. The fourth-order valence-corrected chi connectivity index (χ4v) is 2.18. The Morgan fingerprint density at radius 3 is 2.15 bits per heavy atom. The average molecular weight is 362 g/mol. The van der Waals surface area contributed by atoms with Crippen LogP contribution < -0.4 is 25.3 Å². The van der Waals surface area contributed by atoms with Gasteiger partial charge in [-0.2, -0.15) is 0 Å². The second-order valence-electron chi connectivity index (χ2n) is 5.27. The first kappa shape index (κ1) is 19.0. The number of carbonyl (C=O) groups is 2. The molecule has 0 atom stereocenters. The molecule has 0 unspecified atom stereocenters. The standard InChI is InChI=1S/C18H19FN2O5/c1-24-14-7-12(8-15(25-2)17(14)26-10-16(20)22)18(23)21-9-11-3-5-13(19)6-4-11/h3-8H,9-10H2,1-2H3,(H2,20,22)(H,21,23). The lowest BCUT2D eigenvalue weighted by molar-refractivity contribution is -0.120. The maximum absolute atomic E-state index is 12.9. The van der Waals surface area contributed by atoms with Crippen LogP contribution in [0.3, 0.4) is 0 Å². The number of nitrogens with two attached hydrogens (primary N) is 1. The number of hydrogen-bond acceptors (Lipinski definition) is 5. The molecule has 2 aromatic carbocycles. The van der Waals surface area contributed by atoms with Crippen molar-refractivity contribution in [2.45, 2.75) is 6.54 Å². The number of amides is 2. The number of benzene rings is 2. The van der Waals surface area contributed by atoms with E-state index in [1.54, 1.807) is 12.1 Å². The van der Waals surface area contributed by atoms with E-state index in [9.17, 15) is 14.0 Å². The first-order chi connectivity index (χ1) is 12.4. The van der Waals surface area contributed by atoms with Crippen LogP contribution in [0.1, 0.15) is 15.9 Å². The minimum Gasteiger partial charge on any atom is -0.493 e. The lowest BCUT2D eigenvalue weighted by Crippen LogP contribution is -2.23. The highest BCUT2D eigenvalue weighted by atomic mass is 19.1. The summed E-state index contributed by atoms with van der Waals surface area (Å²) in [5, 5.41) is 2.72. The van der Waals surface area contributed by atoms with Crippen LogP contribution in [0.15, 0.2) is 36.4 Å².